The molecule has 1 aromatic rings. The molecule has 0 saturated carbocycles. The Morgan fingerprint density at radius 1 is 1.05 bits per heavy atom. The third-order valence-corrected chi connectivity index (χ3v) is 3.48. The van der Waals surface area contributed by atoms with Gasteiger partial charge in [-0.05, 0) is 30.0 Å². The molecule has 1 rings (SSSR count). The van der Waals surface area contributed by atoms with Crippen molar-refractivity contribution in [3.05, 3.63) is 17.7 Å². The van der Waals surface area contributed by atoms with Gasteiger partial charge in [-0.2, -0.15) is 0 Å². The first-order valence-electron chi connectivity index (χ1n) is 7.05. The number of aliphatic hydroxyl groups excluding tert-OH is 1. The minimum absolute atomic E-state index is 0.481. The van der Waals surface area contributed by atoms with Crippen LogP contribution in [0.2, 0.25) is 0 Å². The smallest absolute Gasteiger partial charge is 0.203 e. The Bertz CT molecular complexity index is 392. The van der Waals surface area contributed by atoms with Gasteiger partial charge < -0.3 is 19.3 Å². The molecule has 0 aliphatic rings. The van der Waals surface area contributed by atoms with E-state index in [4.69, 9.17) is 14.2 Å². The third kappa shape index (κ3) is 4.04. The van der Waals surface area contributed by atoms with Crippen LogP contribution in [0.3, 0.4) is 0 Å². The molecule has 20 heavy (non-hydrogen) atoms. The fourth-order valence-corrected chi connectivity index (χ4v) is 2.42. The minimum Gasteiger partial charge on any atom is -0.493 e. The number of aliphatic hydroxyl groups is 1. The normalized spacial score (nSPS) is 13.7. The number of rotatable bonds is 8. The lowest BCUT2D eigenvalue weighted by atomic mass is 9.94. The summed E-state index contributed by atoms with van der Waals surface area (Å²) in [6, 6.07) is 3.62. The predicted molar refractivity (Wildman–Crippen MR) is 79.7 cm³/mol. The van der Waals surface area contributed by atoms with Crippen LogP contribution in [0.15, 0.2) is 12.1 Å². The first-order valence-corrected chi connectivity index (χ1v) is 7.05. The van der Waals surface area contributed by atoms with E-state index in [1.165, 1.54) is 0 Å². The molecule has 2 atom stereocenters. The Morgan fingerprint density at radius 3 is 2.00 bits per heavy atom. The SMILES string of the molecule is CCCC(C)CC(O)c1cc(OC)c(OC)c(OC)c1. The van der Waals surface area contributed by atoms with E-state index in [0.29, 0.717) is 23.2 Å². The largest absolute Gasteiger partial charge is 0.493 e. The molecule has 0 aromatic heterocycles. The molecule has 1 N–H and O–H groups in total. The third-order valence-electron chi connectivity index (χ3n) is 3.48. The first kappa shape index (κ1) is 16.6. The van der Waals surface area contributed by atoms with Crippen LogP contribution in [0, 0.1) is 5.92 Å². The molecule has 0 bridgehead atoms. The van der Waals surface area contributed by atoms with E-state index in [9.17, 15) is 5.11 Å². The summed E-state index contributed by atoms with van der Waals surface area (Å²) < 4.78 is 15.9. The molecule has 0 saturated heterocycles. The molecule has 0 amide bonds. The standard InChI is InChI=1S/C16H26O4/c1-6-7-11(2)8-13(17)12-9-14(18-3)16(20-5)15(10-12)19-4/h9-11,13,17H,6-8H2,1-5H3. The van der Waals surface area contributed by atoms with Gasteiger partial charge in [-0.3, -0.25) is 0 Å². The van der Waals surface area contributed by atoms with Crippen LogP contribution in [0.1, 0.15) is 44.8 Å². The molecular weight excluding hydrogens is 256 g/mol. The number of hydrogen-bond acceptors (Lipinski definition) is 4. The highest BCUT2D eigenvalue weighted by molar-refractivity contribution is 5.54. The van der Waals surface area contributed by atoms with Crippen molar-refractivity contribution in [3.63, 3.8) is 0 Å². The molecule has 0 aliphatic heterocycles. The molecular formula is C16H26O4. The van der Waals surface area contributed by atoms with Gasteiger partial charge in [0.25, 0.3) is 0 Å². The first-order chi connectivity index (χ1) is 9.57. The molecule has 1 aromatic carbocycles. The maximum Gasteiger partial charge on any atom is 0.203 e. The summed E-state index contributed by atoms with van der Waals surface area (Å²) in [5, 5.41) is 10.4. The Labute approximate surface area is 121 Å². The summed E-state index contributed by atoms with van der Waals surface area (Å²) in [5.41, 5.74) is 0.794. The summed E-state index contributed by atoms with van der Waals surface area (Å²) in [6.07, 6.45) is 2.45. The number of benzene rings is 1. The van der Waals surface area contributed by atoms with Gasteiger partial charge in [-0.15, -0.1) is 0 Å². The van der Waals surface area contributed by atoms with Gasteiger partial charge >= 0.3 is 0 Å². The number of hydrogen-bond donors (Lipinski definition) is 1. The summed E-state index contributed by atoms with van der Waals surface area (Å²) in [4.78, 5) is 0. The van der Waals surface area contributed by atoms with Crippen LogP contribution >= 0.6 is 0 Å². The van der Waals surface area contributed by atoms with E-state index in [0.717, 1.165) is 24.8 Å². The quantitative estimate of drug-likeness (QED) is 0.792. The molecule has 4 nitrogen and oxygen atoms in total. The molecule has 0 spiro atoms. The van der Waals surface area contributed by atoms with Crippen LogP contribution in [0.5, 0.6) is 17.2 Å². The number of methoxy groups -OCH3 is 3. The van der Waals surface area contributed by atoms with Crippen LogP contribution in [-0.2, 0) is 0 Å². The summed E-state index contributed by atoms with van der Waals surface area (Å²) in [5.74, 6) is 2.18. The van der Waals surface area contributed by atoms with E-state index in [1.807, 2.05) is 12.1 Å². The van der Waals surface area contributed by atoms with Gasteiger partial charge in [0.15, 0.2) is 11.5 Å². The number of ether oxygens (including phenoxy) is 3. The van der Waals surface area contributed by atoms with E-state index in [1.54, 1.807) is 21.3 Å². The van der Waals surface area contributed by atoms with Crippen molar-refractivity contribution in [1.29, 1.82) is 0 Å². The van der Waals surface area contributed by atoms with Gasteiger partial charge in [0, 0.05) is 0 Å². The van der Waals surface area contributed by atoms with Crippen molar-refractivity contribution >= 4 is 0 Å². The average molecular weight is 282 g/mol. The van der Waals surface area contributed by atoms with Crippen molar-refractivity contribution in [1.82, 2.24) is 0 Å². The van der Waals surface area contributed by atoms with E-state index in [2.05, 4.69) is 13.8 Å². The molecule has 0 heterocycles. The topological polar surface area (TPSA) is 47.9 Å². The Balaban J connectivity index is 3.00. The highest BCUT2D eigenvalue weighted by atomic mass is 16.5. The highest BCUT2D eigenvalue weighted by Gasteiger charge is 2.18. The maximum atomic E-state index is 10.4. The molecule has 4 heteroatoms. The molecule has 0 radical (unpaired) electrons. The molecule has 0 aliphatic carbocycles. The second kappa shape index (κ2) is 8.00. The Morgan fingerprint density at radius 2 is 1.60 bits per heavy atom. The fourth-order valence-electron chi connectivity index (χ4n) is 2.42. The molecule has 2 unspecified atom stereocenters. The zero-order valence-electron chi connectivity index (χ0n) is 13.1. The Hall–Kier alpha value is -1.42. The van der Waals surface area contributed by atoms with E-state index >= 15 is 0 Å². The zero-order chi connectivity index (χ0) is 15.1. The van der Waals surface area contributed by atoms with Crippen molar-refractivity contribution in [2.45, 2.75) is 39.2 Å². The van der Waals surface area contributed by atoms with Gasteiger partial charge in [-0.25, -0.2) is 0 Å². The second-order valence-electron chi connectivity index (χ2n) is 5.10. The zero-order valence-corrected chi connectivity index (χ0v) is 13.1. The Kier molecular flexibility index (Phi) is 6.65. The van der Waals surface area contributed by atoms with Crippen LogP contribution in [-0.4, -0.2) is 26.4 Å². The van der Waals surface area contributed by atoms with Gasteiger partial charge in [-0.1, -0.05) is 26.7 Å². The lowest BCUT2D eigenvalue weighted by Crippen LogP contribution is -2.06. The van der Waals surface area contributed by atoms with Crippen LogP contribution < -0.4 is 14.2 Å². The molecule has 114 valence electrons. The lowest BCUT2D eigenvalue weighted by molar-refractivity contribution is 0.144. The summed E-state index contributed by atoms with van der Waals surface area (Å²) in [7, 11) is 4.72. The predicted octanol–water partition coefficient (Wildman–Crippen LogP) is 3.57. The molecule has 0 fully saturated rings. The van der Waals surface area contributed by atoms with Gasteiger partial charge in [0.05, 0.1) is 27.4 Å². The summed E-state index contributed by atoms with van der Waals surface area (Å²) >= 11 is 0. The van der Waals surface area contributed by atoms with Crippen molar-refractivity contribution in [2.24, 2.45) is 5.92 Å². The fraction of sp³-hybridized carbons (Fsp3) is 0.625. The van der Waals surface area contributed by atoms with E-state index in [-0.39, 0.29) is 0 Å². The lowest BCUT2D eigenvalue weighted by Gasteiger charge is -2.19. The van der Waals surface area contributed by atoms with Crippen molar-refractivity contribution in [3.8, 4) is 17.2 Å². The minimum atomic E-state index is -0.523. The highest BCUT2D eigenvalue weighted by Crippen LogP contribution is 2.40. The van der Waals surface area contributed by atoms with Crippen LogP contribution in [0.25, 0.3) is 0 Å². The monoisotopic (exact) mass is 282 g/mol. The van der Waals surface area contributed by atoms with Crippen molar-refractivity contribution < 1.29 is 19.3 Å². The average Bonchev–Trinajstić information content (AvgIpc) is 2.45. The van der Waals surface area contributed by atoms with Crippen molar-refractivity contribution in [2.75, 3.05) is 21.3 Å². The summed E-state index contributed by atoms with van der Waals surface area (Å²) in [6.45, 7) is 4.31. The van der Waals surface area contributed by atoms with Gasteiger partial charge in [0.1, 0.15) is 0 Å². The van der Waals surface area contributed by atoms with Gasteiger partial charge in [0.2, 0.25) is 5.75 Å². The maximum absolute atomic E-state index is 10.4. The second-order valence-corrected chi connectivity index (χ2v) is 5.10. The van der Waals surface area contributed by atoms with E-state index < -0.39 is 6.10 Å². The van der Waals surface area contributed by atoms with Crippen LogP contribution in [0.4, 0.5) is 0 Å².